The zero-order valence-corrected chi connectivity index (χ0v) is 9.55. The third-order valence-corrected chi connectivity index (χ3v) is 1.93. The molecule has 0 radical (unpaired) electrons. The molecule has 15 heavy (non-hydrogen) atoms. The maximum Gasteiger partial charge on any atom is 0.189 e. The monoisotopic (exact) mass is 218 g/mol. The number of quaternary nitrogens is 1. The van der Waals surface area contributed by atoms with Crippen LogP contribution in [0.3, 0.4) is 0 Å². The summed E-state index contributed by atoms with van der Waals surface area (Å²) in [6.07, 6.45) is 1.45. The number of aliphatic hydroxyl groups excluding tert-OH is 2. The molecule has 0 saturated heterocycles. The zero-order chi connectivity index (χ0) is 13.1. The SMILES string of the molecule is CC(O)[N+](C)(C)C(C)O.N#CN.N#CN. The van der Waals surface area contributed by atoms with Crippen LogP contribution in [0, 0.1) is 22.9 Å². The fourth-order valence-electron chi connectivity index (χ4n) is 0.312. The van der Waals surface area contributed by atoms with Crippen LogP contribution in [0.1, 0.15) is 13.8 Å². The van der Waals surface area contributed by atoms with Crippen molar-refractivity contribution in [2.75, 3.05) is 14.1 Å². The van der Waals surface area contributed by atoms with Gasteiger partial charge >= 0.3 is 0 Å². The van der Waals surface area contributed by atoms with E-state index in [0.29, 0.717) is 0 Å². The molecule has 2 unspecified atom stereocenters. The second kappa shape index (κ2) is 10.5. The Morgan fingerprint density at radius 1 is 1.00 bits per heavy atom. The van der Waals surface area contributed by atoms with Crippen LogP contribution in [0.5, 0.6) is 0 Å². The van der Waals surface area contributed by atoms with Crippen LogP contribution in [0.15, 0.2) is 0 Å². The van der Waals surface area contributed by atoms with Crippen molar-refractivity contribution < 1.29 is 14.7 Å². The Morgan fingerprint density at radius 3 is 1.13 bits per heavy atom. The van der Waals surface area contributed by atoms with Gasteiger partial charge < -0.3 is 21.7 Å². The van der Waals surface area contributed by atoms with Crippen LogP contribution in [-0.4, -0.2) is 41.2 Å². The summed E-state index contributed by atoms with van der Waals surface area (Å²) < 4.78 is 0.222. The first-order valence-corrected chi connectivity index (χ1v) is 4.11. The Labute approximate surface area is 90.3 Å². The highest BCUT2D eigenvalue weighted by Crippen LogP contribution is 2.07. The summed E-state index contributed by atoms with van der Waals surface area (Å²) in [5, 5.41) is 32.3. The van der Waals surface area contributed by atoms with Gasteiger partial charge in [-0.25, -0.2) is 0 Å². The Balaban J connectivity index is -0.000000200. The molecule has 7 heteroatoms. The highest BCUT2D eigenvalue weighted by atomic mass is 16.3. The van der Waals surface area contributed by atoms with Gasteiger partial charge in [0, 0.05) is 13.8 Å². The molecule has 0 saturated carbocycles. The maximum absolute atomic E-state index is 9.06. The topological polar surface area (TPSA) is 140 Å². The number of nitrogens with two attached hydrogens (primary N) is 2. The molecular formula is C8H20N5O2+. The molecule has 0 aliphatic carbocycles. The van der Waals surface area contributed by atoms with Crippen molar-refractivity contribution >= 4 is 0 Å². The molecule has 0 aromatic rings. The van der Waals surface area contributed by atoms with Crippen molar-refractivity contribution in [1.82, 2.24) is 0 Å². The molecule has 0 aliphatic rings. The Morgan fingerprint density at radius 2 is 1.13 bits per heavy atom. The Hall–Kier alpha value is -1.54. The van der Waals surface area contributed by atoms with Crippen LogP contribution < -0.4 is 11.5 Å². The van der Waals surface area contributed by atoms with Gasteiger partial charge in [-0.3, -0.25) is 4.48 Å². The highest BCUT2D eigenvalue weighted by molar-refractivity contribution is 4.47. The summed E-state index contributed by atoms with van der Waals surface area (Å²) in [6.45, 7) is 3.32. The van der Waals surface area contributed by atoms with Gasteiger partial charge in [-0.05, 0) is 0 Å². The van der Waals surface area contributed by atoms with Gasteiger partial charge in [-0.15, -0.1) is 0 Å². The second-order valence-corrected chi connectivity index (χ2v) is 3.15. The standard InChI is InChI=1S/C6H16NO2.2CH2N2/c1-5(8)7(3,4)6(2)9;2*2-1-3/h5-6,8-9H,1-4H3;2*2H2/q+1;;. The van der Waals surface area contributed by atoms with Crippen molar-refractivity contribution in [3.8, 4) is 12.4 Å². The normalized spacial score (nSPS) is 12.5. The van der Waals surface area contributed by atoms with E-state index in [-0.39, 0.29) is 4.48 Å². The quantitative estimate of drug-likeness (QED) is 0.194. The van der Waals surface area contributed by atoms with E-state index in [4.69, 9.17) is 20.7 Å². The van der Waals surface area contributed by atoms with Crippen molar-refractivity contribution in [3.63, 3.8) is 0 Å². The van der Waals surface area contributed by atoms with E-state index in [9.17, 15) is 0 Å². The lowest BCUT2D eigenvalue weighted by atomic mass is 10.4. The van der Waals surface area contributed by atoms with Gasteiger partial charge in [0.15, 0.2) is 24.8 Å². The number of nitrogens with zero attached hydrogens (tertiary/aromatic N) is 3. The third-order valence-electron chi connectivity index (χ3n) is 1.93. The van der Waals surface area contributed by atoms with Crippen molar-refractivity contribution in [2.45, 2.75) is 26.3 Å². The zero-order valence-electron chi connectivity index (χ0n) is 9.55. The van der Waals surface area contributed by atoms with Crippen LogP contribution in [0.2, 0.25) is 0 Å². The van der Waals surface area contributed by atoms with E-state index in [2.05, 4.69) is 11.5 Å². The fraction of sp³-hybridized carbons (Fsp3) is 0.750. The van der Waals surface area contributed by atoms with E-state index < -0.39 is 12.5 Å². The average Bonchev–Trinajstić information content (AvgIpc) is 2.06. The number of nitriles is 2. The lowest BCUT2D eigenvalue weighted by Crippen LogP contribution is -2.53. The number of hydrogen-bond acceptors (Lipinski definition) is 6. The number of aliphatic hydroxyl groups is 2. The molecule has 0 aromatic heterocycles. The van der Waals surface area contributed by atoms with Crippen LogP contribution in [-0.2, 0) is 0 Å². The van der Waals surface area contributed by atoms with E-state index in [1.807, 2.05) is 0 Å². The minimum Gasteiger partial charge on any atom is -0.345 e. The van der Waals surface area contributed by atoms with E-state index in [1.54, 1.807) is 27.9 Å². The van der Waals surface area contributed by atoms with Gasteiger partial charge in [-0.2, -0.15) is 10.5 Å². The fourth-order valence-corrected chi connectivity index (χ4v) is 0.312. The number of hydrogen-bond donors (Lipinski definition) is 4. The smallest absolute Gasteiger partial charge is 0.189 e. The molecule has 0 amide bonds. The van der Waals surface area contributed by atoms with Gasteiger partial charge in [0.2, 0.25) is 0 Å². The minimum absolute atomic E-state index is 0.222. The summed E-state index contributed by atoms with van der Waals surface area (Å²) in [6, 6.07) is 0. The first kappa shape index (κ1) is 19.1. The lowest BCUT2D eigenvalue weighted by Gasteiger charge is -2.35. The van der Waals surface area contributed by atoms with Crippen LogP contribution >= 0.6 is 0 Å². The molecule has 2 atom stereocenters. The van der Waals surface area contributed by atoms with Crippen LogP contribution in [0.25, 0.3) is 0 Å². The van der Waals surface area contributed by atoms with Crippen molar-refractivity contribution in [3.05, 3.63) is 0 Å². The minimum atomic E-state index is -0.523. The molecule has 0 bridgehead atoms. The van der Waals surface area contributed by atoms with Gasteiger partial charge in [-0.1, -0.05) is 0 Å². The van der Waals surface area contributed by atoms with E-state index >= 15 is 0 Å². The molecule has 0 heterocycles. The summed E-state index contributed by atoms with van der Waals surface area (Å²) in [5.41, 5.74) is 8.31. The second-order valence-electron chi connectivity index (χ2n) is 3.15. The highest BCUT2D eigenvalue weighted by Gasteiger charge is 2.26. The molecule has 88 valence electrons. The molecule has 0 spiro atoms. The lowest BCUT2D eigenvalue weighted by molar-refractivity contribution is -0.974. The predicted octanol–water partition coefficient (Wildman–Crippen LogP) is -1.41. The van der Waals surface area contributed by atoms with E-state index in [1.165, 1.54) is 12.4 Å². The van der Waals surface area contributed by atoms with Crippen molar-refractivity contribution in [2.24, 2.45) is 11.5 Å². The molecule has 7 nitrogen and oxygen atoms in total. The van der Waals surface area contributed by atoms with Gasteiger partial charge in [0.1, 0.15) is 0 Å². The molecule has 6 N–H and O–H groups in total. The van der Waals surface area contributed by atoms with Crippen LogP contribution in [0.4, 0.5) is 0 Å². The molecule has 0 fully saturated rings. The Kier molecular flexibility index (Phi) is 13.4. The van der Waals surface area contributed by atoms with E-state index in [0.717, 1.165) is 0 Å². The molecule has 0 aliphatic heterocycles. The third kappa shape index (κ3) is 12.5. The summed E-state index contributed by atoms with van der Waals surface area (Å²) in [5.74, 6) is 0. The summed E-state index contributed by atoms with van der Waals surface area (Å²) in [4.78, 5) is 0. The maximum atomic E-state index is 9.06. The van der Waals surface area contributed by atoms with Crippen molar-refractivity contribution in [1.29, 1.82) is 10.5 Å². The van der Waals surface area contributed by atoms with Gasteiger partial charge in [0.05, 0.1) is 14.1 Å². The summed E-state index contributed by atoms with van der Waals surface area (Å²) in [7, 11) is 3.55. The number of rotatable bonds is 2. The molecule has 0 aromatic carbocycles. The first-order valence-electron chi connectivity index (χ1n) is 4.11. The summed E-state index contributed by atoms with van der Waals surface area (Å²) >= 11 is 0. The first-order chi connectivity index (χ1) is 6.72. The molecular weight excluding hydrogens is 198 g/mol. The largest absolute Gasteiger partial charge is 0.345 e. The van der Waals surface area contributed by atoms with Gasteiger partial charge in [0.25, 0.3) is 0 Å². The average molecular weight is 218 g/mol. The predicted molar refractivity (Wildman–Crippen MR) is 55.1 cm³/mol. The Bertz CT molecular complexity index is 192. The molecule has 0 rings (SSSR count).